The molecule has 2 heterocycles. The van der Waals surface area contributed by atoms with Gasteiger partial charge in [-0.3, -0.25) is 0 Å². The largest absolute Gasteiger partial charge is 0.367 e. The third-order valence-electron chi connectivity index (χ3n) is 3.74. The molecule has 108 valence electrons. The molecular weight excluding hydrogens is 276 g/mol. The average molecular weight is 289 g/mol. The van der Waals surface area contributed by atoms with E-state index < -0.39 is 11.6 Å². The van der Waals surface area contributed by atoms with Crippen LogP contribution < -0.4 is 4.90 Å². The zero-order valence-electron chi connectivity index (χ0n) is 11.2. The summed E-state index contributed by atoms with van der Waals surface area (Å²) in [6.07, 6.45) is 4.61. The summed E-state index contributed by atoms with van der Waals surface area (Å²) in [6.45, 7) is 1.06. The summed E-state index contributed by atoms with van der Waals surface area (Å²) in [7, 11) is 0. The van der Waals surface area contributed by atoms with Crippen LogP contribution in [0.15, 0.2) is 24.8 Å². The van der Waals surface area contributed by atoms with E-state index in [1.54, 1.807) is 22.0 Å². The molecule has 0 aliphatic carbocycles. The van der Waals surface area contributed by atoms with Gasteiger partial charge < -0.3 is 4.90 Å². The van der Waals surface area contributed by atoms with Crippen molar-refractivity contribution >= 4 is 5.69 Å². The quantitative estimate of drug-likeness (QED) is 0.851. The van der Waals surface area contributed by atoms with Gasteiger partial charge in [-0.05, 0) is 25.0 Å². The lowest BCUT2D eigenvalue weighted by atomic mass is 10.0. The minimum absolute atomic E-state index is 0.00810. The zero-order chi connectivity index (χ0) is 14.8. The predicted molar refractivity (Wildman–Crippen MR) is 71.6 cm³/mol. The summed E-state index contributed by atoms with van der Waals surface area (Å²) in [5, 5.41) is 12.8. The van der Waals surface area contributed by atoms with Gasteiger partial charge in [-0.2, -0.15) is 10.4 Å². The van der Waals surface area contributed by atoms with E-state index in [1.165, 1.54) is 6.33 Å². The summed E-state index contributed by atoms with van der Waals surface area (Å²) in [6, 6.07) is 4.09. The lowest BCUT2D eigenvalue weighted by Crippen LogP contribution is -2.36. The molecule has 5 nitrogen and oxygen atoms in total. The van der Waals surface area contributed by atoms with Gasteiger partial charge in [0.25, 0.3) is 0 Å². The Labute approximate surface area is 120 Å². The van der Waals surface area contributed by atoms with E-state index in [9.17, 15) is 8.78 Å². The smallest absolute Gasteiger partial charge is 0.150 e. The highest BCUT2D eigenvalue weighted by Crippen LogP contribution is 2.30. The van der Waals surface area contributed by atoms with Crippen LogP contribution in [0.1, 0.15) is 24.4 Å². The van der Waals surface area contributed by atoms with E-state index in [1.807, 2.05) is 0 Å². The second kappa shape index (κ2) is 5.48. The van der Waals surface area contributed by atoms with Gasteiger partial charge in [-0.1, -0.05) is 0 Å². The van der Waals surface area contributed by atoms with Crippen molar-refractivity contribution in [2.45, 2.75) is 18.9 Å². The van der Waals surface area contributed by atoms with Gasteiger partial charge in [0.15, 0.2) is 11.6 Å². The molecule has 0 atom stereocenters. The zero-order valence-corrected chi connectivity index (χ0v) is 11.2. The Hall–Kier alpha value is -2.49. The highest BCUT2D eigenvalue weighted by molar-refractivity contribution is 5.52. The van der Waals surface area contributed by atoms with Gasteiger partial charge in [-0.15, -0.1) is 0 Å². The molecule has 1 aliphatic heterocycles. The average Bonchev–Trinajstić information content (AvgIpc) is 3.01. The molecule has 3 rings (SSSR count). The molecule has 1 aromatic heterocycles. The lowest BCUT2D eigenvalue weighted by Gasteiger charge is -2.33. The van der Waals surface area contributed by atoms with Crippen LogP contribution in [0, 0.1) is 23.0 Å². The van der Waals surface area contributed by atoms with E-state index in [-0.39, 0.29) is 17.3 Å². The number of hydrogen-bond donors (Lipinski definition) is 0. The van der Waals surface area contributed by atoms with Crippen molar-refractivity contribution in [3.05, 3.63) is 42.0 Å². The first kappa shape index (κ1) is 13.5. The fraction of sp³-hybridized carbons (Fsp3) is 0.357. The monoisotopic (exact) mass is 289 g/mol. The van der Waals surface area contributed by atoms with Crippen molar-refractivity contribution in [2.75, 3.05) is 18.0 Å². The summed E-state index contributed by atoms with van der Waals surface area (Å²) < 4.78 is 29.8. The maximum absolute atomic E-state index is 14.0. The van der Waals surface area contributed by atoms with Crippen molar-refractivity contribution in [3.63, 3.8) is 0 Å². The number of nitrogens with zero attached hydrogens (tertiary/aromatic N) is 5. The third-order valence-corrected chi connectivity index (χ3v) is 3.74. The summed E-state index contributed by atoms with van der Waals surface area (Å²) in [5.41, 5.74) is -0.0581. The van der Waals surface area contributed by atoms with Crippen LogP contribution in [0.3, 0.4) is 0 Å². The van der Waals surface area contributed by atoms with Gasteiger partial charge in [0.2, 0.25) is 0 Å². The van der Waals surface area contributed by atoms with Crippen LogP contribution in [0.4, 0.5) is 14.5 Å². The molecule has 0 amide bonds. The number of hydrogen-bond acceptors (Lipinski definition) is 4. The Kier molecular flexibility index (Phi) is 3.52. The molecular formula is C14H13F2N5. The third kappa shape index (κ3) is 2.57. The maximum atomic E-state index is 14.0. The molecule has 21 heavy (non-hydrogen) atoms. The van der Waals surface area contributed by atoms with Crippen molar-refractivity contribution in [1.82, 2.24) is 14.8 Å². The first-order valence-corrected chi connectivity index (χ1v) is 6.67. The second-order valence-corrected chi connectivity index (χ2v) is 4.99. The molecule has 1 aromatic carbocycles. The summed E-state index contributed by atoms with van der Waals surface area (Å²) in [5.74, 6) is -1.38. The normalized spacial score (nSPS) is 16.0. The molecule has 0 spiro atoms. The maximum Gasteiger partial charge on any atom is 0.150 e. The Morgan fingerprint density at radius 1 is 1.19 bits per heavy atom. The Morgan fingerprint density at radius 3 is 2.38 bits per heavy atom. The predicted octanol–water partition coefficient (Wildman–Crippen LogP) is 2.27. The van der Waals surface area contributed by atoms with Gasteiger partial charge in [-0.25, -0.2) is 18.4 Å². The van der Waals surface area contributed by atoms with E-state index in [4.69, 9.17) is 5.26 Å². The fourth-order valence-electron chi connectivity index (χ4n) is 2.69. The molecule has 1 fully saturated rings. The van der Waals surface area contributed by atoms with Crippen LogP contribution in [-0.2, 0) is 0 Å². The van der Waals surface area contributed by atoms with Crippen LogP contribution in [-0.4, -0.2) is 27.9 Å². The van der Waals surface area contributed by atoms with Gasteiger partial charge in [0, 0.05) is 13.1 Å². The molecule has 1 aliphatic rings. The van der Waals surface area contributed by atoms with Crippen LogP contribution in [0.5, 0.6) is 0 Å². The standard InChI is InChI=1S/C14H13F2N5/c15-12-5-10(7-17)6-13(16)14(12)20-3-1-11(2-4-20)21-9-18-8-19-21/h5-6,8-9,11H,1-4H2. The number of anilines is 1. The fourth-order valence-corrected chi connectivity index (χ4v) is 2.69. The van der Waals surface area contributed by atoms with Crippen molar-refractivity contribution in [3.8, 4) is 6.07 Å². The highest BCUT2D eigenvalue weighted by atomic mass is 19.1. The first-order valence-electron chi connectivity index (χ1n) is 6.67. The number of benzene rings is 1. The molecule has 0 bridgehead atoms. The van der Waals surface area contributed by atoms with Crippen LogP contribution in [0.2, 0.25) is 0 Å². The van der Waals surface area contributed by atoms with Gasteiger partial charge >= 0.3 is 0 Å². The molecule has 0 N–H and O–H groups in total. The Morgan fingerprint density at radius 2 is 1.86 bits per heavy atom. The van der Waals surface area contributed by atoms with E-state index in [0.29, 0.717) is 13.1 Å². The summed E-state index contributed by atoms with van der Waals surface area (Å²) >= 11 is 0. The van der Waals surface area contributed by atoms with Gasteiger partial charge in [0.05, 0.1) is 17.7 Å². The van der Waals surface area contributed by atoms with Crippen molar-refractivity contribution in [1.29, 1.82) is 5.26 Å². The number of piperidine rings is 1. The van der Waals surface area contributed by atoms with Crippen molar-refractivity contribution in [2.24, 2.45) is 0 Å². The minimum atomic E-state index is -0.689. The van der Waals surface area contributed by atoms with E-state index >= 15 is 0 Å². The Bertz CT molecular complexity index is 646. The number of nitriles is 1. The molecule has 0 saturated carbocycles. The molecule has 7 heteroatoms. The van der Waals surface area contributed by atoms with E-state index in [2.05, 4.69) is 10.1 Å². The molecule has 0 unspecified atom stereocenters. The number of rotatable bonds is 2. The SMILES string of the molecule is N#Cc1cc(F)c(N2CCC(n3cncn3)CC2)c(F)c1. The van der Waals surface area contributed by atoms with Crippen LogP contribution >= 0.6 is 0 Å². The molecule has 1 saturated heterocycles. The second-order valence-electron chi connectivity index (χ2n) is 4.99. The molecule has 0 radical (unpaired) electrons. The van der Waals surface area contributed by atoms with Gasteiger partial charge in [0.1, 0.15) is 18.3 Å². The van der Waals surface area contributed by atoms with Crippen LogP contribution in [0.25, 0.3) is 0 Å². The lowest BCUT2D eigenvalue weighted by molar-refractivity contribution is 0.362. The summed E-state index contributed by atoms with van der Waals surface area (Å²) in [4.78, 5) is 5.59. The van der Waals surface area contributed by atoms with Crippen molar-refractivity contribution < 1.29 is 8.78 Å². The molecule has 2 aromatic rings. The highest BCUT2D eigenvalue weighted by Gasteiger charge is 2.25. The first-order chi connectivity index (χ1) is 10.2. The topological polar surface area (TPSA) is 57.7 Å². The number of halogens is 2. The minimum Gasteiger partial charge on any atom is -0.367 e. The Balaban J connectivity index is 1.77. The number of aromatic nitrogens is 3. The van der Waals surface area contributed by atoms with E-state index in [0.717, 1.165) is 25.0 Å².